The average Bonchev–Trinajstić information content (AvgIpc) is 2.31. The van der Waals surface area contributed by atoms with Crippen LogP contribution in [0.3, 0.4) is 0 Å². The third-order valence-corrected chi connectivity index (χ3v) is 3.26. The molecule has 0 aliphatic heterocycles. The van der Waals surface area contributed by atoms with Gasteiger partial charge in [-0.15, -0.1) is 0 Å². The molecule has 3 nitrogen and oxygen atoms in total. The molecule has 0 spiro atoms. The molecule has 0 radical (unpaired) electrons. The number of rotatable bonds is 12. The Balaban J connectivity index is 3.03. The zero-order valence-corrected chi connectivity index (χ0v) is 11.7. The van der Waals surface area contributed by atoms with E-state index in [1.807, 2.05) is 0 Å². The molecule has 0 aromatic carbocycles. The van der Waals surface area contributed by atoms with Crippen LogP contribution in [0, 0.1) is 0 Å². The molecule has 104 valence electrons. The van der Waals surface area contributed by atoms with Gasteiger partial charge in [0, 0.05) is 6.54 Å². The van der Waals surface area contributed by atoms with Crippen LogP contribution < -0.4 is 0 Å². The molecule has 0 aliphatic carbocycles. The van der Waals surface area contributed by atoms with Gasteiger partial charge >= 0.3 is 0 Å². The lowest BCUT2D eigenvalue weighted by Crippen LogP contribution is -2.31. The first-order chi connectivity index (χ1) is 8.18. The van der Waals surface area contributed by atoms with Gasteiger partial charge in [0.05, 0.1) is 0 Å². The lowest BCUT2D eigenvalue weighted by Gasteiger charge is -2.17. The summed E-state index contributed by atoms with van der Waals surface area (Å²) in [5.41, 5.74) is 0. The molecule has 2 N–H and O–H groups in total. The minimum Gasteiger partial charge on any atom is -0.356 e. The second-order valence-electron chi connectivity index (χ2n) is 5.01. The van der Waals surface area contributed by atoms with Crippen molar-refractivity contribution >= 4 is 0 Å². The predicted octanol–water partition coefficient (Wildman–Crippen LogP) is 3.11. The average molecular weight is 245 g/mol. The van der Waals surface area contributed by atoms with E-state index < -0.39 is 6.41 Å². The van der Waals surface area contributed by atoms with Gasteiger partial charge in [-0.25, -0.2) is 0 Å². The molecule has 0 unspecified atom stereocenters. The molecule has 0 saturated carbocycles. The van der Waals surface area contributed by atoms with Crippen LogP contribution in [0.2, 0.25) is 0 Å². The lowest BCUT2D eigenvalue weighted by molar-refractivity contribution is -0.144. The third kappa shape index (κ3) is 12.1. The monoisotopic (exact) mass is 245 g/mol. The maximum atomic E-state index is 8.85. The quantitative estimate of drug-likeness (QED) is 0.410. The molecule has 0 atom stereocenters. The van der Waals surface area contributed by atoms with Gasteiger partial charge in [-0.3, -0.25) is 4.90 Å². The molecule has 17 heavy (non-hydrogen) atoms. The highest BCUT2D eigenvalue weighted by molar-refractivity contribution is 4.51. The zero-order chi connectivity index (χ0) is 12.9. The molecule has 0 aliphatic rings. The standard InChI is InChI=1S/C14H31NO2/c1-3-4-5-6-7-8-9-10-11-12-13-15(2)14(16)17/h14,16-17H,3-13H2,1-2H3. The topological polar surface area (TPSA) is 43.7 Å². The second-order valence-corrected chi connectivity index (χ2v) is 5.01. The Bertz CT molecular complexity index is 151. The molecule has 0 heterocycles. The molecule has 0 rings (SSSR count). The second kappa shape index (κ2) is 12.3. The van der Waals surface area contributed by atoms with Crippen molar-refractivity contribution in [1.82, 2.24) is 4.90 Å². The maximum Gasteiger partial charge on any atom is 0.213 e. The number of hydrogen-bond acceptors (Lipinski definition) is 3. The van der Waals surface area contributed by atoms with Crippen LogP contribution in [0.25, 0.3) is 0 Å². The summed E-state index contributed by atoms with van der Waals surface area (Å²) < 4.78 is 0. The summed E-state index contributed by atoms with van der Waals surface area (Å²) >= 11 is 0. The fourth-order valence-electron chi connectivity index (χ4n) is 1.96. The van der Waals surface area contributed by atoms with Crippen LogP contribution in [0.15, 0.2) is 0 Å². The molecular formula is C14H31NO2. The number of aliphatic hydroxyl groups excluding tert-OH is 1. The van der Waals surface area contributed by atoms with E-state index in [9.17, 15) is 0 Å². The molecular weight excluding hydrogens is 214 g/mol. The first-order valence-electron chi connectivity index (χ1n) is 7.25. The van der Waals surface area contributed by atoms with E-state index in [0.717, 1.165) is 13.0 Å². The fraction of sp³-hybridized carbons (Fsp3) is 1.00. The summed E-state index contributed by atoms with van der Waals surface area (Å²) in [5, 5.41) is 17.7. The van der Waals surface area contributed by atoms with Gasteiger partial charge in [0.15, 0.2) is 0 Å². The third-order valence-electron chi connectivity index (χ3n) is 3.26. The SMILES string of the molecule is CCCCCCCCCCCCN(C)C(O)O. The summed E-state index contributed by atoms with van der Waals surface area (Å²) in [6, 6.07) is 0. The van der Waals surface area contributed by atoms with E-state index in [-0.39, 0.29) is 0 Å². The van der Waals surface area contributed by atoms with Crippen molar-refractivity contribution in [3.8, 4) is 0 Å². The van der Waals surface area contributed by atoms with Gasteiger partial charge in [0.25, 0.3) is 0 Å². The fourth-order valence-corrected chi connectivity index (χ4v) is 1.96. The smallest absolute Gasteiger partial charge is 0.213 e. The van der Waals surface area contributed by atoms with E-state index >= 15 is 0 Å². The van der Waals surface area contributed by atoms with E-state index in [2.05, 4.69) is 6.92 Å². The Morgan fingerprint density at radius 3 is 1.59 bits per heavy atom. The molecule has 0 amide bonds. The van der Waals surface area contributed by atoms with Crippen molar-refractivity contribution in [2.24, 2.45) is 0 Å². The number of unbranched alkanes of at least 4 members (excludes halogenated alkanes) is 9. The van der Waals surface area contributed by atoms with Crippen LogP contribution in [-0.4, -0.2) is 35.1 Å². The highest BCUT2D eigenvalue weighted by Gasteiger charge is 2.04. The van der Waals surface area contributed by atoms with Crippen molar-refractivity contribution < 1.29 is 10.2 Å². The van der Waals surface area contributed by atoms with Crippen molar-refractivity contribution in [3.63, 3.8) is 0 Å². The lowest BCUT2D eigenvalue weighted by atomic mass is 10.1. The largest absolute Gasteiger partial charge is 0.356 e. The van der Waals surface area contributed by atoms with Crippen LogP contribution in [-0.2, 0) is 0 Å². The predicted molar refractivity (Wildman–Crippen MR) is 72.7 cm³/mol. The first kappa shape index (κ1) is 16.9. The van der Waals surface area contributed by atoms with Crippen molar-refractivity contribution in [2.45, 2.75) is 77.5 Å². The number of nitrogens with zero attached hydrogens (tertiary/aromatic N) is 1. The van der Waals surface area contributed by atoms with Gasteiger partial charge < -0.3 is 10.2 Å². The highest BCUT2D eigenvalue weighted by atomic mass is 16.5. The van der Waals surface area contributed by atoms with Crippen LogP contribution in [0.1, 0.15) is 71.1 Å². The van der Waals surface area contributed by atoms with Crippen LogP contribution >= 0.6 is 0 Å². The minimum absolute atomic E-state index is 0.772. The molecule has 0 aromatic rings. The normalized spacial score (nSPS) is 11.6. The van der Waals surface area contributed by atoms with Gasteiger partial charge in [0.1, 0.15) is 0 Å². The molecule has 0 bridgehead atoms. The number of hydrogen-bond donors (Lipinski definition) is 2. The number of aliphatic hydroxyl groups is 2. The Kier molecular flexibility index (Phi) is 12.3. The highest BCUT2D eigenvalue weighted by Crippen LogP contribution is 2.10. The molecule has 0 saturated heterocycles. The Labute approximate surface area is 107 Å². The Morgan fingerprint density at radius 2 is 1.18 bits per heavy atom. The summed E-state index contributed by atoms with van der Waals surface area (Å²) in [6.07, 6.45) is 11.8. The van der Waals surface area contributed by atoms with Crippen molar-refractivity contribution in [1.29, 1.82) is 0 Å². The summed E-state index contributed by atoms with van der Waals surface area (Å²) in [5.74, 6) is 0. The summed E-state index contributed by atoms with van der Waals surface area (Å²) in [4.78, 5) is 1.56. The van der Waals surface area contributed by atoms with E-state index in [0.29, 0.717) is 0 Å². The van der Waals surface area contributed by atoms with Gasteiger partial charge in [0.2, 0.25) is 6.41 Å². The first-order valence-corrected chi connectivity index (χ1v) is 7.25. The summed E-state index contributed by atoms with van der Waals surface area (Å²) in [6.45, 7) is 3.02. The van der Waals surface area contributed by atoms with E-state index in [1.165, 1.54) is 57.8 Å². The van der Waals surface area contributed by atoms with Gasteiger partial charge in [-0.2, -0.15) is 0 Å². The van der Waals surface area contributed by atoms with E-state index in [4.69, 9.17) is 10.2 Å². The zero-order valence-electron chi connectivity index (χ0n) is 11.7. The van der Waals surface area contributed by atoms with Gasteiger partial charge in [-0.1, -0.05) is 64.7 Å². The molecule has 0 fully saturated rings. The molecule has 3 heteroatoms. The van der Waals surface area contributed by atoms with Crippen molar-refractivity contribution in [3.05, 3.63) is 0 Å². The van der Waals surface area contributed by atoms with Crippen LogP contribution in [0.4, 0.5) is 0 Å². The maximum absolute atomic E-state index is 8.85. The molecule has 0 aromatic heterocycles. The van der Waals surface area contributed by atoms with Gasteiger partial charge in [-0.05, 0) is 13.5 Å². The minimum atomic E-state index is -1.30. The van der Waals surface area contributed by atoms with Crippen LogP contribution in [0.5, 0.6) is 0 Å². The summed E-state index contributed by atoms with van der Waals surface area (Å²) in [7, 11) is 1.73. The Morgan fingerprint density at radius 1 is 0.765 bits per heavy atom. The van der Waals surface area contributed by atoms with E-state index in [1.54, 1.807) is 11.9 Å². The Hall–Kier alpha value is -0.120. The van der Waals surface area contributed by atoms with Crippen molar-refractivity contribution in [2.75, 3.05) is 13.6 Å².